The van der Waals surface area contributed by atoms with E-state index in [-0.39, 0.29) is 67.7 Å². The fourth-order valence-electron chi connectivity index (χ4n) is 12.3. The van der Waals surface area contributed by atoms with E-state index in [1.54, 1.807) is 48.5 Å². The van der Waals surface area contributed by atoms with Crippen LogP contribution >= 0.6 is 11.8 Å². The molecule has 6 rings (SSSR count). The van der Waals surface area contributed by atoms with Gasteiger partial charge in [-0.3, -0.25) is 19.3 Å². The largest absolute Gasteiger partial charge is 0.509 e. The van der Waals surface area contributed by atoms with Crippen molar-refractivity contribution in [2.75, 3.05) is 53.6 Å². The average Bonchev–Trinajstić information content (AvgIpc) is 3.91. The van der Waals surface area contributed by atoms with Crippen LogP contribution in [0.1, 0.15) is 119 Å². The second-order valence-corrected chi connectivity index (χ2v) is 24.3. The quantitative estimate of drug-likeness (QED) is 0.0653. The lowest BCUT2D eigenvalue weighted by atomic mass is 9.77. The van der Waals surface area contributed by atoms with Crippen LogP contribution in [-0.4, -0.2) is 198 Å². The molecule has 4 N–H and O–H groups in total. The fraction of sp³-hybridized carbons (Fsp3) is 0.768. The number of cyclic esters (lactones) is 1. The van der Waals surface area contributed by atoms with Crippen molar-refractivity contribution in [1.82, 2.24) is 19.7 Å². The van der Waals surface area contributed by atoms with E-state index in [9.17, 15) is 39.3 Å². The third kappa shape index (κ3) is 14.3. The molecule has 446 valence electrons. The molecule has 4 aliphatic rings. The van der Waals surface area contributed by atoms with E-state index in [4.69, 9.17) is 42.6 Å². The molecule has 79 heavy (non-hydrogen) atoms. The summed E-state index contributed by atoms with van der Waals surface area (Å²) in [6.07, 6.45) is -8.24. The Morgan fingerprint density at radius 3 is 2.30 bits per heavy atom. The second-order valence-electron chi connectivity index (χ2n) is 23.1. The number of pyridine rings is 1. The highest BCUT2D eigenvalue weighted by Crippen LogP contribution is 2.43. The van der Waals surface area contributed by atoms with Crippen LogP contribution in [0, 0.1) is 23.6 Å². The molecule has 4 aliphatic heterocycles. The van der Waals surface area contributed by atoms with Crippen LogP contribution < -0.4 is 10.7 Å². The number of nitrogens with zero attached hydrogens (tertiary/aromatic N) is 3. The molecule has 21 nitrogen and oxygen atoms in total. The number of ether oxygens (including phenoxy) is 9. The van der Waals surface area contributed by atoms with Crippen molar-refractivity contribution < 1.29 is 81.5 Å². The minimum atomic E-state index is -1.64. The van der Waals surface area contributed by atoms with Gasteiger partial charge in [0.05, 0.1) is 53.3 Å². The SMILES string of the molecule is CC[C@H]1OC(=O)[C@H](C)[C@@H](O[C@H]2C[C@@](C)(OC)[C@@H](OC(=O)CCNCCSc3ccc(F)c4c3c(=O)c(C(=O)O)cn4CC)[C@H](C)O2)[C@H](C)[C@@H](O[C@@H]2O[C@H](C)C[C@H](N(C)C)[C@H]2O)[C@](C)(O)C[C@@H](C)CN(C)[C@H](C)[C@@H]2OC(=O)O[C@@]12C. The number of benzene rings is 1. The Kier molecular flexibility index (Phi) is 21.5. The van der Waals surface area contributed by atoms with E-state index >= 15 is 4.39 Å². The van der Waals surface area contributed by atoms with Crippen molar-refractivity contribution in [2.45, 2.75) is 210 Å². The van der Waals surface area contributed by atoms with Crippen molar-refractivity contribution in [3.8, 4) is 0 Å². The fourth-order valence-corrected chi connectivity index (χ4v) is 13.3. The van der Waals surface area contributed by atoms with Crippen LogP contribution in [-0.2, 0) is 58.8 Å². The maximum atomic E-state index is 15.0. The zero-order valence-corrected chi connectivity index (χ0v) is 49.5. The van der Waals surface area contributed by atoms with Gasteiger partial charge >= 0.3 is 24.1 Å². The number of aromatic carboxylic acids is 1. The van der Waals surface area contributed by atoms with Crippen molar-refractivity contribution >= 4 is 46.7 Å². The number of carboxylic acid groups (broad SMARTS) is 1. The number of esters is 2. The number of fused-ring (bicyclic) bond motifs is 2. The number of aliphatic hydroxyl groups is 2. The van der Waals surface area contributed by atoms with Gasteiger partial charge in [-0.2, -0.15) is 0 Å². The topological polar surface area (TPSA) is 253 Å². The molecule has 23 heteroatoms. The number of carbonyl (C=O) groups is 4. The lowest BCUT2D eigenvalue weighted by molar-refractivity contribution is -0.318. The number of carboxylic acids is 1. The highest BCUT2D eigenvalue weighted by Gasteiger charge is 2.58. The summed E-state index contributed by atoms with van der Waals surface area (Å²) in [5.41, 5.74) is -5.40. The molecular formula is C56H87FN4O17S. The van der Waals surface area contributed by atoms with Crippen LogP contribution in [0.2, 0.25) is 0 Å². The number of nitrogens with one attached hydrogen (secondary N) is 1. The van der Waals surface area contributed by atoms with Gasteiger partial charge in [0.25, 0.3) is 0 Å². The molecule has 0 radical (unpaired) electrons. The smallest absolute Gasteiger partial charge is 0.477 e. The molecule has 0 bridgehead atoms. The van der Waals surface area contributed by atoms with Gasteiger partial charge < -0.3 is 72.7 Å². The molecule has 4 saturated heterocycles. The number of thioether (sulfide) groups is 1. The highest BCUT2D eigenvalue weighted by molar-refractivity contribution is 7.99. The molecule has 0 spiro atoms. The van der Waals surface area contributed by atoms with Crippen LogP contribution in [0.3, 0.4) is 0 Å². The number of halogens is 1. The molecule has 4 fully saturated rings. The number of hydrogen-bond acceptors (Lipinski definition) is 20. The Morgan fingerprint density at radius 2 is 1.67 bits per heavy atom. The first-order valence-electron chi connectivity index (χ1n) is 27.7. The van der Waals surface area contributed by atoms with E-state index in [2.05, 4.69) is 5.32 Å². The number of likely N-dealkylation sites (N-methyl/N-ethyl adjacent to an activating group) is 2. The summed E-state index contributed by atoms with van der Waals surface area (Å²) < 4.78 is 73.3. The minimum absolute atomic E-state index is 0.00265. The second kappa shape index (κ2) is 26.5. The van der Waals surface area contributed by atoms with Gasteiger partial charge in [-0.1, -0.05) is 20.8 Å². The number of hydrogen-bond donors (Lipinski definition) is 4. The maximum Gasteiger partial charge on any atom is 0.509 e. The molecule has 1 aromatic carbocycles. The standard InChI is InChI=1S/C56H87FN4O17S/c1-16-39-56(11)48(77-53(68)78-56)33(7)60(14)27-29(3)25-54(9,69)47(76-52-45(64)37(59(12)13)24-30(4)71-52)31(5)46(32(6)51(67)73-39)75-41-26-55(10,70-15)49(34(8)72-41)74-40(62)20-21-58-22-23-79-38-19-18-36(57)43-42(38)44(63)35(50(65)66)28-61(43)17-2/h18-19,28-34,37,39,41,45-49,52,58,64,69H,16-17,20-27H2,1-15H3,(H,65,66)/t29-,30-,31+,32-,33-,34+,37+,39-,41+,45-,46+,47-,48+,49+,52+,54-,55-,56+/m1/s1. The van der Waals surface area contributed by atoms with E-state index in [1.165, 1.54) is 35.6 Å². The van der Waals surface area contributed by atoms with Gasteiger partial charge in [0.15, 0.2) is 30.4 Å². The predicted octanol–water partition coefficient (Wildman–Crippen LogP) is 5.58. The van der Waals surface area contributed by atoms with Crippen LogP contribution in [0.25, 0.3) is 10.9 Å². The third-order valence-corrected chi connectivity index (χ3v) is 17.7. The van der Waals surface area contributed by atoms with Crippen molar-refractivity contribution in [3.05, 3.63) is 39.9 Å². The Balaban J connectivity index is 1.21. The van der Waals surface area contributed by atoms with Crippen molar-refractivity contribution in [2.24, 2.45) is 17.8 Å². The molecule has 0 amide bonds. The third-order valence-electron chi connectivity index (χ3n) is 16.6. The van der Waals surface area contributed by atoms with Gasteiger partial charge in [0, 0.05) is 74.6 Å². The number of aliphatic hydroxyl groups excluding tert-OH is 1. The first kappa shape index (κ1) is 64.2. The predicted molar refractivity (Wildman–Crippen MR) is 290 cm³/mol. The molecule has 5 heterocycles. The zero-order chi connectivity index (χ0) is 58.6. The minimum Gasteiger partial charge on any atom is -0.477 e. The molecular weight excluding hydrogens is 1050 g/mol. The van der Waals surface area contributed by atoms with Gasteiger partial charge in [-0.05, 0) is 114 Å². The molecule has 18 atom stereocenters. The molecule has 0 saturated carbocycles. The monoisotopic (exact) mass is 1140 g/mol. The number of aryl methyl sites for hydroxylation is 1. The normalized spacial score (nSPS) is 37.1. The summed E-state index contributed by atoms with van der Waals surface area (Å²) in [6, 6.07) is 1.97. The average molecular weight is 1140 g/mol. The van der Waals surface area contributed by atoms with Crippen LogP contribution in [0.15, 0.2) is 28.0 Å². The van der Waals surface area contributed by atoms with Gasteiger partial charge in [0.1, 0.15) is 29.2 Å². The number of aromatic nitrogens is 1. The van der Waals surface area contributed by atoms with E-state index in [0.717, 1.165) is 6.20 Å². The summed E-state index contributed by atoms with van der Waals surface area (Å²) >= 11 is 1.26. The molecule has 0 aliphatic carbocycles. The molecule has 1 aromatic heterocycles. The Hall–Kier alpha value is -4.01. The first-order valence-corrected chi connectivity index (χ1v) is 28.7. The summed E-state index contributed by atoms with van der Waals surface area (Å²) in [4.78, 5) is 70.7. The highest BCUT2D eigenvalue weighted by atomic mass is 32.2. The van der Waals surface area contributed by atoms with Crippen molar-refractivity contribution in [3.63, 3.8) is 0 Å². The molecule has 2 aromatic rings. The van der Waals surface area contributed by atoms with Gasteiger partial charge in [0.2, 0.25) is 5.43 Å². The lowest BCUT2D eigenvalue weighted by Crippen LogP contribution is -2.61. The Labute approximate surface area is 467 Å². The first-order chi connectivity index (χ1) is 37.0. The summed E-state index contributed by atoms with van der Waals surface area (Å²) in [7, 11) is 7.12. The summed E-state index contributed by atoms with van der Waals surface area (Å²) in [5.74, 6) is -5.00. The number of carbonyl (C=O) groups excluding carboxylic acids is 3. The lowest BCUT2D eigenvalue weighted by Gasteiger charge is -2.49. The van der Waals surface area contributed by atoms with Crippen LogP contribution in [0.5, 0.6) is 0 Å². The number of methoxy groups -OCH3 is 1. The van der Waals surface area contributed by atoms with Gasteiger partial charge in [-0.25, -0.2) is 14.0 Å². The zero-order valence-electron chi connectivity index (χ0n) is 48.6. The Morgan fingerprint density at radius 1 is 0.975 bits per heavy atom. The summed E-state index contributed by atoms with van der Waals surface area (Å²) in [5, 5.41) is 37.5. The van der Waals surface area contributed by atoms with Gasteiger partial charge in [-0.15, -0.1) is 11.8 Å². The Bertz CT molecular complexity index is 2520. The maximum absolute atomic E-state index is 15.0. The summed E-state index contributed by atoms with van der Waals surface area (Å²) in [6.45, 7) is 21.0. The van der Waals surface area contributed by atoms with Crippen molar-refractivity contribution in [1.29, 1.82) is 0 Å². The van der Waals surface area contributed by atoms with E-state index in [1.807, 2.05) is 58.6 Å². The van der Waals surface area contributed by atoms with E-state index < -0.39 is 131 Å². The van der Waals surface area contributed by atoms with Crippen LogP contribution in [0.4, 0.5) is 9.18 Å². The number of rotatable bonds is 17. The molecule has 0 unspecified atom stereocenters. The van der Waals surface area contributed by atoms with E-state index in [0.29, 0.717) is 30.2 Å².